The Morgan fingerprint density at radius 1 is 1.06 bits per heavy atom. The van der Waals surface area contributed by atoms with Crippen LogP contribution in [0.2, 0.25) is 0 Å². The average molecular weight is 438 g/mol. The van der Waals surface area contributed by atoms with E-state index in [4.69, 9.17) is 4.74 Å². The molecule has 170 valence electrons. The van der Waals surface area contributed by atoms with Crippen LogP contribution in [-0.4, -0.2) is 54.9 Å². The van der Waals surface area contributed by atoms with Crippen molar-refractivity contribution >= 4 is 17.7 Å². The number of piperidine rings is 1. The fraction of sp³-hybridized carbons (Fsp3) is 0.400. The first kappa shape index (κ1) is 23.3. The van der Waals surface area contributed by atoms with Gasteiger partial charge in [-0.1, -0.05) is 35.9 Å². The molecule has 0 unspecified atom stereocenters. The lowest BCUT2D eigenvalue weighted by atomic mass is 10.0. The molecule has 7 heteroatoms. The Labute approximate surface area is 189 Å². The Balaban J connectivity index is 1.58. The summed E-state index contributed by atoms with van der Waals surface area (Å²) in [4.78, 5) is 39.2. The zero-order chi connectivity index (χ0) is 23.1. The SMILES string of the molecule is COc1ccccc1C[C@@H](NC(C)=O)C(=O)NC1CCN(C(=O)c2ccc(C)cc2)CC1. The van der Waals surface area contributed by atoms with Crippen molar-refractivity contribution in [3.8, 4) is 5.75 Å². The average Bonchev–Trinajstić information content (AvgIpc) is 2.79. The Morgan fingerprint density at radius 3 is 2.34 bits per heavy atom. The van der Waals surface area contributed by atoms with Crippen LogP contribution in [-0.2, 0) is 16.0 Å². The second kappa shape index (κ2) is 10.8. The second-order valence-corrected chi connectivity index (χ2v) is 8.21. The van der Waals surface area contributed by atoms with Gasteiger partial charge in [0.1, 0.15) is 11.8 Å². The van der Waals surface area contributed by atoms with Crippen LogP contribution in [0.4, 0.5) is 0 Å². The van der Waals surface area contributed by atoms with Gasteiger partial charge in [-0.05, 0) is 43.5 Å². The summed E-state index contributed by atoms with van der Waals surface area (Å²) in [6.45, 7) is 4.55. The number of hydrogen-bond acceptors (Lipinski definition) is 4. The van der Waals surface area contributed by atoms with Crippen LogP contribution in [0, 0.1) is 6.92 Å². The van der Waals surface area contributed by atoms with Crippen molar-refractivity contribution in [2.75, 3.05) is 20.2 Å². The van der Waals surface area contributed by atoms with E-state index in [1.54, 1.807) is 7.11 Å². The summed E-state index contributed by atoms with van der Waals surface area (Å²) in [7, 11) is 1.58. The van der Waals surface area contributed by atoms with E-state index in [0.717, 1.165) is 11.1 Å². The number of hydrogen-bond donors (Lipinski definition) is 2. The Hall–Kier alpha value is -3.35. The highest BCUT2D eigenvalue weighted by Gasteiger charge is 2.28. The molecule has 0 spiro atoms. The maximum absolute atomic E-state index is 13.0. The predicted molar refractivity (Wildman–Crippen MR) is 123 cm³/mol. The highest BCUT2D eigenvalue weighted by molar-refractivity contribution is 5.94. The summed E-state index contributed by atoms with van der Waals surface area (Å²) in [5.41, 5.74) is 2.65. The molecule has 1 aliphatic rings. The van der Waals surface area contributed by atoms with Crippen LogP contribution in [0.3, 0.4) is 0 Å². The molecule has 7 nitrogen and oxygen atoms in total. The number of likely N-dealkylation sites (tertiary alicyclic amines) is 1. The first-order valence-corrected chi connectivity index (χ1v) is 10.9. The van der Waals surface area contributed by atoms with E-state index >= 15 is 0 Å². The van der Waals surface area contributed by atoms with Gasteiger partial charge in [0.25, 0.3) is 5.91 Å². The number of rotatable bonds is 7. The van der Waals surface area contributed by atoms with Crippen LogP contribution < -0.4 is 15.4 Å². The molecule has 2 aromatic carbocycles. The lowest BCUT2D eigenvalue weighted by Crippen LogP contribution is -2.53. The number of amides is 3. The molecule has 1 heterocycles. The number of nitrogens with one attached hydrogen (secondary N) is 2. The second-order valence-electron chi connectivity index (χ2n) is 8.21. The molecule has 1 saturated heterocycles. The molecule has 0 aromatic heterocycles. The first-order valence-electron chi connectivity index (χ1n) is 10.9. The maximum Gasteiger partial charge on any atom is 0.253 e. The summed E-state index contributed by atoms with van der Waals surface area (Å²) in [6.07, 6.45) is 1.68. The lowest BCUT2D eigenvalue weighted by Gasteiger charge is -2.33. The summed E-state index contributed by atoms with van der Waals surface area (Å²) in [6, 6.07) is 14.3. The van der Waals surface area contributed by atoms with Gasteiger partial charge >= 0.3 is 0 Å². The number of ether oxygens (including phenoxy) is 1. The molecular weight excluding hydrogens is 406 g/mol. The molecule has 3 amide bonds. The fourth-order valence-corrected chi connectivity index (χ4v) is 3.95. The Kier molecular flexibility index (Phi) is 7.87. The monoisotopic (exact) mass is 437 g/mol. The van der Waals surface area contributed by atoms with E-state index < -0.39 is 6.04 Å². The summed E-state index contributed by atoms with van der Waals surface area (Å²) >= 11 is 0. The van der Waals surface area contributed by atoms with Crippen LogP contribution in [0.1, 0.15) is 41.3 Å². The lowest BCUT2D eigenvalue weighted by molar-refractivity contribution is -0.128. The van der Waals surface area contributed by atoms with Crippen molar-refractivity contribution in [3.63, 3.8) is 0 Å². The van der Waals surface area contributed by atoms with Gasteiger partial charge in [-0.3, -0.25) is 14.4 Å². The summed E-state index contributed by atoms with van der Waals surface area (Å²) in [5.74, 6) is 0.202. The summed E-state index contributed by atoms with van der Waals surface area (Å²) in [5, 5.41) is 5.81. The van der Waals surface area contributed by atoms with E-state index in [9.17, 15) is 14.4 Å². The van der Waals surface area contributed by atoms with Crippen LogP contribution in [0.25, 0.3) is 0 Å². The van der Waals surface area contributed by atoms with E-state index in [-0.39, 0.29) is 23.8 Å². The zero-order valence-corrected chi connectivity index (χ0v) is 18.9. The smallest absolute Gasteiger partial charge is 0.253 e. The molecule has 0 radical (unpaired) electrons. The Bertz CT molecular complexity index is 950. The van der Waals surface area contributed by atoms with Crippen molar-refractivity contribution in [3.05, 3.63) is 65.2 Å². The molecule has 32 heavy (non-hydrogen) atoms. The van der Waals surface area contributed by atoms with E-state index in [1.807, 2.05) is 60.4 Å². The van der Waals surface area contributed by atoms with Gasteiger partial charge in [0.05, 0.1) is 7.11 Å². The highest BCUT2D eigenvalue weighted by atomic mass is 16.5. The molecule has 2 N–H and O–H groups in total. The van der Waals surface area contributed by atoms with Crippen molar-refractivity contribution in [1.82, 2.24) is 15.5 Å². The van der Waals surface area contributed by atoms with E-state index in [2.05, 4.69) is 10.6 Å². The van der Waals surface area contributed by atoms with Gasteiger partial charge in [-0.15, -0.1) is 0 Å². The largest absolute Gasteiger partial charge is 0.496 e. The molecule has 1 fully saturated rings. The number of para-hydroxylation sites is 1. The van der Waals surface area contributed by atoms with Crippen LogP contribution >= 0.6 is 0 Å². The molecule has 2 aromatic rings. The molecular formula is C25H31N3O4. The van der Waals surface area contributed by atoms with Crippen molar-refractivity contribution in [2.24, 2.45) is 0 Å². The van der Waals surface area contributed by atoms with Crippen LogP contribution in [0.15, 0.2) is 48.5 Å². The van der Waals surface area contributed by atoms with Gasteiger partial charge in [0.2, 0.25) is 11.8 Å². The van der Waals surface area contributed by atoms with Crippen LogP contribution in [0.5, 0.6) is 5.75 Å². The number of aryl methyl sites for hydroxylation is 1. The molecule has 0 saturated carbocycles. The maximum atomic E-state index is 13.0. The topological polar surface area (TPSA) is 87.7 Å². The van der Waals surface area contributed by atoms with Crippen molar-refractivity contribution < 1.29 is 19.1 Å². The molecule has 0 aliphatic carbocycles. The van der Waals surface area contributed by atoms with Gasteiger partial charge in [0.15, 0.2) is 0 Å². The standard InChI is InChI=1S/C25H31N3O4/c1-17-8-10-19(11-9-17)25(31)28-14-12-21(13-15-28)27-24(30)22(26-18(2)29)16-20-6-4-5-7-23(20)32-3/h4-11,21-22H,12-16H2,1-3H3,(H,26,29)(H,27,30)/t22-/m1/s1. The molecule has 1 atom stereocenters. The number of benzene rings is 2. The zero-order valence-electron chi connectivity index (χ0n) is 18.9. The number of methoxy groups -OCH3 is 1. The van der Waals surface area contributed by atoms with Gasteiger partial charge in [-0.25, -0.2) is 0 Å². The third-order valence-corrected chi connectivity index (χ3v) is 5.74. The van der Waals surface area contributed by atoms with Gasteiger partial charge in [0, 0.05) is 38.0 Å². The third kappa shape index (κ3) is 6.09. The molecule has 3 rings (SSSR count). The predicted octanol–water partition coefficient (Wildman–Crippen LogP) is 2.47. The normalized spacial score (nSPS) is 15.0. The number of carbonyl (C=O) groups is 3. The molecule has 1 aliphatic heterocycles. The van der Waals surface area contributed by atoms with Crippen molar-refractivity contribution in [2.45, 2.75) is 45.2 Å². The van der Waals surface area contributed by atoms with Gasteiger partial charge < -0.3 is 20.3 Å². The minimum absolute atomic E-state index is 0.0158. The Morgan fingerprint density at radius 2 is 1.72 bits per heavy atom. The summed E-state index contributed by atoms with van der Waals surface area (Å²) < 4.78 is 5.38. The minimum Gasteiger partial charge on any atom is -0.496 e. The number of carbonyl (C=O) groups excluding carboxylic acids is 3. The number of nitrogens with zero attached hydrogens (tertiary/aromatic N) is 1. The highest BCUT2D eigenvalue weighted by Crippen LogP contribution is 2.20. The minimum atomic E-state index is -0.698. The van der Waals surface area contributed by atoms with Crippen molar-refractivity contribution in [1.29, 1.82) is 0 Å². The van der Waals surface area contributed by atoms with Gasteiger partial charge in [-0.2, -0.15) is 0 Å². The molecule has 0 bridgehead atoms. The van der Waals surface area contributed by atoms with E-state index in [1.165, 1.54) is 6.92 Å². The first-order chi connectivity index (χ1) is 15.4. The quantitative estimate of drug-likeness (QED) is 0.697. The third-order valence-electron chi connectivity index (χ3n) is 5.74. The fourth-order valence-electron chi connectivity index (χ4n) is 3.95. The van der Waals surface area contributed by atoms with E-state index in [0.29, 0.717) is 43.7 Å².